The minimum absolute atomic E-state index is 0.0414. The lowest BCUT2D eigenvalue weighted by Gasteiger charge is -2.21. The highest BCUT2D eigenvalue weighted by molar-refractivity contribution is 5.77. The summed E-state index contributed by atoms with van der Waals surface area (Å²) in [7, 11) is 0. The number of carbonyl (C=O) groups excluding carboxylic acids is 1. The quantitative estimate of drug-likeness (QED) is 0.870. The number of nitrogens with zero attached hydrogens (tertiary/aromatic N) is 3. The average molecular weight is 252 g/mol. The summed E-state index contributed by atoms with van der Waals surface area (Å²) < 4.78 is 5.20. The van der Waals surface area contributed by atoms with Gasteiger partial charge in [0.25, 0.3) is 0 Å². The van der Waals surface area contributed by atoms with Crippen LogP contribution < -0.4 is 5.73 Å². The lowest BCUT2D eigenvalue weighted by atomic mass is 10.2. The van der Waals surface area contributed by atoms with E-state index in [2.05, 4.69) is 10.1 Å². The van der Waals surface area contributed by atoms with Crippen LogP contribution in [0.4, 0.5) is 0 Å². The van der Waals surface area contributed by atoms with E-state index in [4.69, 9.17) is 10.3 Å². The molecule has 2 N–H and O–H groups in total. The fraction of sp³-hybridized carbons (Fsp3) is 0.750. The first-order valence-electron chi connectivity index (χ1n) is 6.46. The van der Waals surface area contributed by atoms with Crippen molar-refractivity contribution in [2.75, 3.05) is 13.1 Å². The Hall–Kier alpha value is -1.43. The van der Waals surface area contributed by atoms with Crippen LogP contribution in [0.25, 0.3) is 0 Å². The smallest absolute Gasteiger partial charge is 0.229 e. The molecular weight excluding hydrogens is 232 g/mol. The molecule has 0 radical (unpaired) electrons. The molecule has 1 aromatic rings. The zero-order valence-corrected chi connectivity index (χ0v) is 10.9. The van der Waals surface area contributed by atoms with E-state index in [0.29, 0.717) is 24.7 Å². The standard InChI is InChI=1S/C12H20N4O2/c1-8(2)12-14-11(15-18-12)9-4-3-7-16(9)10(17)5-6-13/h8-9H,3-7,13H2,1-2H3. The molecule has 1 amide bonds. The van der Waals surface area contributed by atoms with Crippen LogP contribution in [0.5, 0.6) is 0 Å². The molecule has 0 bridgehead atoms. The number of hydrogen-bond acceptors (Lipinski definition) is 5. The number of amides is 1. The second kappa shape index (κ2) is 5.48. The Kier molecular flexibility index (Phi) is 3.96. The van der Waals surface area contributed by atoms with Crippen LogP contribution in [0.1, 0.15) is 56.8 Å². The van der Waals surface area contributed by atoms with Crippen molar-refractivity contribution in [1.82, 2.24) is 15.0 Å². The van der Waals surface area contributed by atoms with E-state index in [-0.39, 0.29) is 17.9 Å². The molecule has 1 atom stereocenters. The summed E-state index contributed by atoms with van der Waals surface area (Å²) in [5, 5.41) is 4.00. The second-order valence-corrected chi connectivity index (χ2v) is 4.93. The molecule has 6 heteroatoms. The van der Waals surface area contributed by atoms with Gasteiger partial charge in [-0.25, -0.2) is 0 Å². The number of hydrogen-bond donors (Lipinski definition) is 1. The molecule has 100 valence electrons. The van der Waals surface area contributed by atoms with Crippen molar-refractivity contribution in [3.8, 4) is 0 Å². The number of nitrogens with two attached hydrogens (primary N) is 1. The van der Waals surface area contributed by atoms with E-state index >= 15 is 0 Å². The molecule has 1 aliphatic rings. The van der Waals surface area contributed by atoms with Crippen LogP contribution in [0, 0.1) is 0 Å². The maximum Gasteiger partial charge on any atom is 0.229 e. The van der Waals surface area contributed by atoms with Gasteiger partial charge in [0.1, 0.15) is 0 Å². The molecular formula is C12H20N4O2. The minimum atomic E-state index is -0.0414. The lowest BCUT2D eigenvalue weighted by molar-refractivity contribution is -0.132. The predicted molar refractivity (Wildman–Crippen MR) is 65.7 cm³/mol. The Labute approximate surface area is 107 Å². The molecule has 0 spiro atoms. The zero-order valence-electron chi connectivity index (χ0n) is 10.9. The Morgan fingerprint density at radius 2 is 2.39 bits per heavy atom. The molecule has 1 aromatic heterocycles. The molecule has 2 heterocycles. The van der Waals surface area contributed by atoms with E-state index in [1.165, 1.54) is 0 Å². The average Bonchev–Trinajstić information content (AvgIpc) is 2.98. The van der Waals surface area contributed by atoms with Gasteiger partial charge in [0.2, 0.25) is 11.8 Å². The van der Waals surface area contributed by atoms with Crippen molar-refractivity contribution in [2.24, 2.45) is 5.73 Å². The Bertz CT molecular complexity index is 416. The maximum absolute atomic E-state index is 11.9. The highest BCUT2D eigenvalue weighted by Crippen LogP contribution is 2.31. The maximum atomic E-state index is 11.9. The molecule has 1 unspecified atom stereocenters. The number of rotatable bonds is 4. The van der Waals surface area contributed by atoms with Crippen LogP contribution in [-0.2, 0) is 4.79 Å². The van der Waals surface area contributed by atoms with Crippen molar-refractivity contribution >= 4 is 5.91 Å². The molecule has 1 fully saturated rings. The van der Waals surface area contributed by atoms with Gasteiger partial charge in [0.15, 0.2) is 5.82 Å². The SMILES string of the molecule is CC(C)c1nc(C2CCCN2C(=O)CCN)no1. The van der Waals surface area contributed by atoms with Gasteiger partial charge in [-0.1, -0.05) is 19.0 Å². The van der Waals surface area contributed by atoms with E-state index in [9.17, 15) is 4.79 Å². The van der Waals surface area contributed by atoms with Crippen molar-refractivity contribution in [2.45, 2.75) is 45.1 Å². The first-order chi connectivity index (χ1) is 8.63. The second-order valence-electron chi connectivity index (χ2n) is 4.93. The fourth-order valence-electron chi connectivity index (χ4n) is 2.22. The summed E-state index contributed by atoms with van der Waals surface area (Å²) >= 11 is 0. The predicted octanol–water partition coefficient (Wildman–Crippen LogP) is 1.21. The number of aromatic nitrogens is 2. The van der Waals surface area contributed by atoms with Crippen molar-refractivity contribution in [3.63, 3.8) is 0 Å². The van der Waals surface area contributed by atoms with Gasteiger partial charge in [-0.15, -0.1) is 0 Å². The van der Waals surface area contributed by atoms with Crippen molar-refractivity contribution in [3.05, 3.63) is 11.7 Å². The molecule has 1 aliphatic heterocycles. The van der Waals surface area contributed by atoms with Crippen LogP contribution >= 0.6 is 0 Å². The van der Waals surface area contributed by atoms with Gasteiger partial charge in [-0.05, 0) is 12.8 Å². The van der Waals surface area contributed by atoms with E-state index in [1.54, 1.807) is 0 Å². The van der Waals surface area contributed by atoms with Gasteiger partial charge in [0.05, 0.1) is 6.04 Å². The molecule has 0 aromatic carbocycles. The molecule has 1 saturated heterocycles. The van der Waals surface area contributed by atoms with Gasteiger partial charge in [-0.2, -0.15) is 4.98 Å². The molecule has 18 heavy (non-hydrogen) atoms. The number of likely N-dealkylation sites (tertiary alicyclic amines) is 1. The zero-order chi connectivity index (χ0) is 13.1. The van der Waals surface area contributed by atoms with Crippen LogP contribution in [0.15, 0.2) is 4.52 Å². The molecule has 0 aliphatic carbocycles. The van der Waals surface area contributed by atoms with Crippen molar-refractivity contribution < 1.29 is 9.32 Å². The van der Waals surface area contributed by atoms with Crippen LogP contribution in [-0.4, -0.2) is 34.0 Å². The van der Waals surface area contributed by atoms with Crippen LogP contribution in [0.2, 0.25) is 0 Å². The topological polar surface area (TPSA) is 85.2 Å². The van der Waals surface area contributed by atoms with Gasteiger partial charge in [0, 0.05) is 25.4 Å². The normalized spacial score (nSPS) is 19.8. The third kappa shape index (κ3) is 2.53. The molecule has 6 nitrogen and oxygen atoms in total. The summed E-state index contributed by atoms with van der Waals surface area (Å²) in [5.41, 5.74) is 5.43. The monoisotopic (exact) mass is 252 g/mol. The lowest BCUT2D eigenvalue weighted by Crippen LogP contribution is -2.32. The van der Waals surface area contributed by atoms with E-state index in [0.717, 1.165) is 19.4 Å². The third-order valence-corrected chi connectivity index (χ3v) is 3.18. The van der Waals surface area contributed by atoms with Crippen molar-refractivity contribution in [1.29, 1.82) is 0 Å². The third-order valence-electron chi connectivity index (χ3n) is 3.18. The van der Waals surface area contributed by atoms with E-state index < -0.39 is 0 Å². The van der Waals surface area contributed by atoms with Gasteiger partial charge < -0.3 is 15.2 Å². The summed E-state index contributed by atoms with van der Waals surface area (Å²) in [4.78, 5) is 18.1. The first-order valence-corrected chi connectivity index (χ1v) is 6.46. The largest absolute Gasteiger partial charge is 0.339 e. The minimum Gasteiger partial charge on any atom is -0.339 e. The molecule has 0 saturated carbocycles. The fourth-order valence-corrected chi connectivity index (χ4v) is 2.22. The summed E-state index contributed by atoms with van der Waals surface area (Å²) in [6, 6.07) is -0.0414. The van der Waals surface area contributed by atoms with Gasteiger partial charge in [-0.3, -0.25) is 4.79 Å². The Morgan fingerprint density at radius 3 is 3.00 bits per heavy atom. The summed E-state index contributed by atoms with van der Waals surface area (Å²) in [6.07, 6.45) is 2.26. The van der Waals surface area contributed by atoms with Crippen LogP contribution in [0.3, 0.4) is 0 Å². The summed E-state index contributed by atoms with van der Waals surface area (Å²) in [6.45, 7) is 5.15. The first kappa shape index (κ1) is 13.0. The highest BCUT2D eigenvalue weighted by Gasteiger charge is 2.33. The van der Waals surface area contributed by atoms with Gasteiger partial charge >= 0.3 is 0 Å². The summed E-state index contributed by atoms with van der Waals surface area (Å²) in [5.74, 6) is 1.54. The Morgan fingerprint density at radius 1 is 1.61 bits per heavy atom. The Balaban J connectivity index is 2.12. The van der Waals surface area contributed by atoms with E-state index in [1.807, 2.05) is 18.7 Å². The number of carbonyl (C=O) groups is 1. The molecule has 2 rings (SSSR count). The highest BCUT2D eigenvalue weighted by atomic mass is 16.5.